The third-order valence-electron chi connectivity index (χ3n) is 4.55. The Bertz CT molecular complexity index is 579. The predicted molar refractivity (Wildman–Crippen MR) is 80.4 cm³/mol. The molecule has 118 valence electrons. The van der Waals surface area contributed by atoms with E-state index in [-0.39, 0.29) is 18.4 Å². The molecule has 2 fully saturated rings. The van der Waals surface area contributed by atoms with Crippen molar-refractivity contribution in [1.29, 1.82) is 0 Å². The number of hydrogen-bond donors (Lipinski definition) is 1. The summed E-state index contributed by atoms with van der Waals surface area (Å²) in [5, 5.41) is 9.64. The van der Waals surface area contributed by atoms with E-state index in [0.717, 1.165) is 5.56 Å². The maximum Gasteiger partial charge on any atom is 0.319 e. The van der Waals surface area contributed by atoms with Gasteiger partial charge in [0.15, 0.2) is 6.23 Å². The van der Waals surface area contributed by atoms with Crippen LogP contribution >= 0.6 is 11.6 Å². The molecule has 0 bridgehead atoms. The number of aliphatic carboxylic acids is 1. The minimum absolute atomic E-state index is 0.177. The van der Waals surface area contributed by atoms with Gasteiger partial charge in [-0.3, -0.25) is 9.59 Å². The summed E-state index contributed by atoms with van der Waals surface area (Å²) in [7, 11) is 0. The van der Waals surface area contributed by atoms with E-state index < -0.39 is 17.6 Å². The van der Waals surface area contributed by atoms with Crippen molar-refractivity contribution in [2.45, 2.75) is 31.5 Å². The Labute approximate surface area is 133 Å². The molecule has 3 atom stereocenters. The molecule has 1 amide bonds. The second-order valence-electron chi connectivity index (χ2n) is 5.85. The monoisotopic (exact) mass is 323 g/mol. The molecule has 0 spiro atoms. The van der Waals surface area contributed by atoms with Gasteiger partial charge in [-0.25, -0.2) is 0 Å². The van der Waals surface area contributed by atoms with Crippen LogP contribution in [0.25, 0.3) is 0 Å². The summed E-state index contributed by atoms with van der Waals surface area (Å²) >= 11 is 5.70. The number of fused-ring (bicyclic) bond motifs is 1. The van der Waals surface area contributed by atoms with E-state index in [0.29, 0.717) is 25.3 Å². The molecular weight excluding hydrogens is 306 g/mol. The van der Waals surface area contributed by atoms with Crippen LogP contribution in [0.15, 0.2) is 30.3 Å². The lowest BCUT2D eigenvalue weighted by atomic mass is 9.80. The van der Waals surface area contributed by atoms with Crippen molar-refractivity contribution in [3.8, 4) is 0 Å². The summed E-state index contributed by atoms with van der Waals surface area (Å²) in [5.74, 6) is -1.05. The third kappa shape index (κ3) is 2.29. The molecule has 2 aliphatic rings. The van der Waals surface area contributed by atoms with Gasteiger partial charge in [0.2, 0.25) is 5.91 Å². The van der Waals surface area contributed by atoms with Crippen molar-refractivity contribution < 1.29 is 19.4 Å². The van der Waals surface area contributed by atoms with Gasteiger partial charge in [-0.05, 0) is 19.3 Å². The molecule has 0 aliphatic carbocycles. The van der Waals surface area contributed by atoms with E-state index in [9.17, 15) is 14.7 Å². The predicted octanol–water partition coefficient (Wildman–Crippen LogP) is 2.41. The van der Waals surface area contributed by atoms with Gasteiger partial charge >= 0.3 is 5.97 Å². The van der Waals surface area contributed by atoms with Gasteiger partial charge in [-0.1, -0.05) is 30.3 Å². The SMILES string of the molecule is O=C(O)C1(CCCCl)CC2COC(c3ccccc3)N2C1=O. The molecule has 5 nitrogen and oxygen atoms in total. The fourth-order valence-electron chi connectivity index (χ4n) is 3.46. The zero-order valence-electron chi connectivity index (χ0n) is 12.1. The van der Waals surface area contributed by atoms with E-state index >= 15 is 0 Å². The Morgan fingerprint density at radius 1 is 1.41 bits per heavy atom. The lowest BCUT2D eigenvalue weighted by molar-refractivity contribution is -0.159. The first-order valence-corrected chi connectivity index (χ1v) is 7.92. The number of hydrogen-bond acceptors (Lipinski definition) is 3. The highest BCUT2D eigenvalue weighted by Crippen LogP contribution is 2.47. The van der Waals surface area contributed by atoms with Crippen LogP contribution in [-0.2, 0) is 14.3 Å². The molecule has 1 aromatic rings. The van der Waals surface area contributed by atoms with Crippen LogP contribution in [0, 0.1) is 5.41 Å². The molecule has 6 heteroatoms. The second kappa shape index (κ2) is 5.89. The first-order valence-electron chi connectivity index (χ1n) is 7.39. The maximum absolute atomic E-state index is 12.9. The molecule has 1 aromatic carbocycles. The fraction of sp³-hybridized carbons (Fsp3) is 0.500. The lowest BCUT2D eigenvalue weighted by Gasteiger charge is -2.26. The standard InChI is InChI=1S/C16H18ClNO4/c17-8-4-7-16(15(20)21)9-12-10-22-13(18(12)14(16)19)11-5-2-1-3-6-11/h1-3,5-6,12-13H,4,7-10H2,(H,20,21). The minimum atomic E-state index is -1.35. The summed E-state index contributed by atoms with van der Waals surface area (Å²) in [4.78, 5) is 26.3. The average Bonchev–Trinajstić information content (AvgIpc) is 3.05. The van der Waals surface area contributed by atoms with Crippen LogP contribution in [0.2, 0.25) is 0 Å². The van der Waals surface area contributed by atoms with E-state index in [4.69, 9.17) is 16.3 Å². The second-order valence-corrected chi connectivity index (χ2v) is 6.22. The largest absolute Gasteiger partial charge is 0.480 e. The first kappa shape index (κ1) is 15.3. The molecular formula is C16H18ClNO4. The van der Waals surface area contributed by atoms with Crippen molar-refractivity contribution in [1.82, 2.24) is 4.90 Å². The Hall–Kier alpha value is -1.59. The summed E-state index contributed by atoms with van der Waals surface area (Å²) in [5.41, 5.74) is -0.479. The highest BCUT2D eigenvalue weighted by Gasteiger charge is 2.60. The smallest absolute Gasteiger partial charge is 0.319 e. The van der Waals surface area contributed by atoms with Crippen LogP contribution in [0.5, 0.6) is 0 Å². The van der Waals surface area contributed by atoms with E-state index in [1.165, 1.54) is 0 Å². The van der Waals surface area contributed by atoms with Gasteiger partial charge in [-0.2, -0.15) is 0 Å². The number of halogens is 1. The Morgan fingerprint density at radius 2 is 2.14 bits per heavy atom. The third-order valence-corrected chi connectivity index (χ3v) is 4.82. The first-order chi connectivity index (χ1) is 10.6. The minimum Gasteiger partial charge on any atom is -0.480 e. The number of nitrogens with zero attached hydrogens (tertiary/aromatic N) is 1. The maximum atomic E-state index is 12.9. The zero-order chi connectivity index (χ0) is 15.7. The number of carboxylic acids is 1. The molecule has 22 heavy (non-hydrogen) atoms. The fourth-order valence-corrected chi connectivity index (χ4v) is 3.59. The Morgan fingerprint density at radius 3 is 2.77 bits per heavy atom. The van der Waals surface area contributed by atoms with E-state index in [1.807, 2.05) is 30.3 Å². The van der Waals surface area contributed by atoms with Crippen LogP contribution in [0.1, 0.15) is 31.1 Å². The summed E-state index contributed by atoms with van der Waals surface area (Å²) in [6, 6.07) is 9.25. The number of ether oxygens (including phenoxy) is 1. The molecule has 2 aliphatic heterocycles. The Balaban J connectivity index is 1.90. The molecule has 0 aromatic heterocycles. The highest BCUT2D eigenvalue weighted by atomic mass is 35.5. The molecule has 2 saturated heterocycles. The number of amides is 1. The number of rotatable bonds is 5. The van der Waals surface area contributed by atoms with E-state index in [2.05, 4.69) is 0 Å². The Kier molecular flexibility index (Phi) is 4.10. The van der Waals surface area contributed by atoms with E-state index in [1.54, 1.807) is 4.90 Å². The number of carbonyl (C=O) groups is 2. The van der Waals surface area contributed by atoms with Gasteiger partial charge in [0.25, 0.3) is 0 Å². The van der Waals surface area contributed by atoms with Gasteiger partial charge in [0.1, 0.15) is 5.41 Å². The average molecular weight is 324 g/mol. The van der Waals surface area contributed by atoms with Crippen LogP contribution in [0.3, 0.4) is 0 Å². The summed E-state index contributed by atoms with van der Waals surface area (Å²) < 4.78 is 5.74. The van der Waals surface area contributed by atoms with Crippen LogP contribution < -0.4 is 0 Å². The van der Waals surface area contributed by atoms with Crippen molar-refractivity contribution >= 4 is 23.5 Å². The molecule has 3 rings (SSSR count). The molecule has 0 radical (unpaired) electrons. The van der Waals surface area contributed by atoms with Crippen LogP contribution in [0.4, 0.5) is 0 Å². The lowest BCUT2D eigenvalue weighted by Crippen LogP contribution is -2.41. The van der Waals surface area contributed by atoms with Gasteiger partial charge < -0.3 is 14.7 Å². The molecule has 2 heterocycles. The number of benzene rings is 1. The zero-order valence-corrected chi connectivity index (χ0v) is 12.8. The topological polar surface area (TPSA) is 66.8 Å². The molecule has 3 unspecified atom stereocenters. The van der Waals surface area contributed by atoms with Crippen molar-refractivity contribution in [2.24, 2.45) is 5.41 Å². The van der Waals surface area contributed by atoms with Crippen molar-refractivity contribution in [3.05, 3.63) is 35.9 Å². The highest BCUT2D eigenvalue weighted by molar-refractivity contribution is 6.17. The quantitative estimate of drug-likeness (QED) is 0.667. The number of carboxylic acid groups (broad SMARTS) is 1. The number of carbonyl (C=O) groups excluding carboxylic acids is 1. The van der Waals surface area contributed by atoms with Gasteiger partial charge in [0.05, 0.1) is 12.6 Å². The summed E-state index contributed by atoms with van der Waals surface area (Å²) in [6.45, 7) is 0.376. The van der Waals surface area contributed by atoms with Gasteiger partial charge in [0, 0.05) is 11.4 Å². The van der Waals surface area contributed by atoms with Gasteiger partial charge in [-0.15, -0.1) is 11.6 Å². The molecule has 0 saturated carbocycles. The summed E-state index contributed by atoms with van der Waals surface area (Å²) in [6.07, 6.45) is 0.591. The van der Waals surface area contributed by atoms with Crippen LogP contribution in [-0.4, -0.2) is 40.4 Å². The number of alkyl halides is 1. The normalized spacial score (nSPS) is 30.6. The molecule has 1 N–H and O–H groups in total. The van der Waals surface area contributed by atoms with Crippen molar-refractivity contribution in [2.75, 3.05) is 12.5 Å². The van der Waals surface area contributed by atoms with Crippen molar-refractivity contribution in [3.63, 3.8) is 0 Å².